The van der Waals surface area contributed by atoms with Crippen LogP contribution in [0.3, 0.4) is 0 Å². The lowest BCUT2D eigenvalue weighted by atomic mass is 9.99. The second kappa shape index (κ2) is 4.59. The lowest BCUT2D eigenvalue weighted by molar-refractivity contribution is -0.153. The molecular weight excluding hydrogens is 215 g/mol. The minimum absolute atomic E-state index is 0.186. The summed E-state index contributed by atoms with van der Waals surface area (Å²) in [6, 6.07) is 2.64. The summed E-state index contributed by atoms with van der Waals surface area (Å²) < 4.78 is 13.3. The molecule has 0 aliphatic rings. The normalized spacial score (nSPS) is 14.6. The van der Waals surface area contributed by atoms with E-state index in [0.717, 1.165) is 0 Å². The molecule has 0 saturated heterocycles. The second-order valence-electron chi connectivity index (χ2n) is 3.70. The summed E-state index contributed by atoms with van der Waals surface area (Å²) in [4.78, 5) is 10.5. The summed E-state index contributed by atoms with van der Waals surface area (Å²) in [5.74, 6) is -1.92. The summed E-state index contributed by atoms with van der Waals surface area (Å²) in [6.07, 6.45) is -3.47. The van der Waals surface area contributed by atoms with Gasteiger partial charge in [-0.2, -0.15) is 0 Å². The van der Waals surface area contributed by atoms with E-state index in [9.17, 15) is 14.3 Å². The summed E-state index contributed by atoms with van der Waals surface area (Å²) in [5.41, 5.74) is 0.782. The minimum Gasteiger partial charge on any atom is -0.479 e. The highest BCUT2D eigenvalue weighted by Crippen LogP contribution is 2.22. The van der Waals surface area contributed by atoms with Crippen molar-refractivity contribution in [2.75, 3.05) is 0 Å². The molecular formula is C11H13FO4. The van der Waals surface area contributed by atoms with Gasteiger partial charge in [0.25, 0.3) is 0 Å². The summed E-state index contributed by atoms with van der Waals surface area (Å²) in [7, 11) is 0. The molecule has 0 fully saturated rings. The van der Waals surface area contributed by atoms with E-state index in [-0.39, 0.29) is 5.56 Å². The van der Waals surface area contributed by atoms with Gasteiger partial charge in [0.15, 0.2) is 6.10 Å². The van der Waals surface area contributed by atoms with Crippen LogP contribution in [0.5, 0.6) is 0 Å². The van der Waals surface area contributed by atoms with Crippen molar-refractivity contribution in [1.82, 2.24) is 0 Å². The fraction of sp³-hybridized carbons (Fsp3) is 0.364. The maximum atomic E-state index is 13.3. The largest absolute Gasteiger partial charge is 0.479 e. The molecule has 0 amide bonds. The predicted octanol–water partition coefficient (Wildman–Crippen LogP) is 0.921. The Balaban J connectivity index is 3.10. The zero-order valence-electron chi connectivity index (χ0n) is 8.94. The third-order valence-corrected chi connectivity index (χ3v) is 2.35. The van der Waals surface area contributed by atoms with Gasteiger partial charge in [0.05, 0.1) is 0 Å². The summed E-state index contributed by atoms with van der Waals surface area (Å²) >= 11 is 0. The Morgan fingerprint density at radius 3 is 2.06 bits per heavy atom. The van der Waals surface area contributed by atoms with E-state index in [1.165, 1.54) is 26.0 Å². The molecule has 1 aromatic carbocycles. The number of benzene rings is 1. The Morgan fingerprint density at radius 1 is 1.25 bits per heavy atom. The molecule has 16 heavy (non-hydrogen) atoms. The first-order chi connectivity index (χ1) is 7.34. The highest BCUT2D eigenvalue weighted by Gasteiger charge is 2.25. The first-order valence-corrected chi connectivity index (χ1v) is 4.70. The molecule has 2 unspecified atom stereocenters. The van der Waals surface area contributed by atoms with E-state index < -0.39 is 24.0 Å². The van der Waals surface area contributed by atoms with Crippen LogP contribution >= 0.6 is 0 Å². The van der Waals surface area contributed by atoms with Gasteiger partial charge in [-0.05, 0) is 30.5 Å². The third-order valence-electron chi connectivity index (χ3n) is 2.35. The first-order valence-electron chi connectivity index (χ1n) is 4.70. The van der Waals surface area contributed by atoms with E-state index in [2.05, 4.69) is 0 Å². The van der Waals surface area contributed by atoms with E-state index in [4.69, 9.17) is 10.2 Å². The van der Waals surface area contributed by atoms with Gasteiger partial charge in [-0.1, -0.05) is 12.1 Å². The lowest BCUT2D eigenvalue weighted by Gasteiger charge is -2.16. The molecule has 1 rings (SSSR count). The number of halogens is 1. The number of rotatable bonds is 3. The molecule has 0 aliphatic heterocycles. The van der Waals surface area contributed by atoms with E-state index in [1.807, 2.05) is 0 Å². The molecule has 1 aromatic rings. The molecule has 5 heteroatoms. The Kier molecular flexibility index (Phi) is 3.62. The lowest BCUT2D eigenvalue weighted by Crippen LogP contribution is -2.27. The molecule has 88 valence electrons. The number of aryl methyl sites for hydroxylation is 2. The molecule has 0 aliphatic carbocycles. The van der Waals surface area contributed by atoms with Gasteiger partial charge in [-0.3, -0.25) is 0 Å². The first kappa shape index (κ1) is 12.6. The quantitative estimate of drug-likeness (QED) is 0.719. The fourth-order valence-electron chi connectivity index (χ4n) is 1.47. The van der Waals surface area contributed by atoms with Crippen LogP contribution in [0.2, 0.25) is 0 Å². The average molecular weight is 228 g/mol. The maximum absolute atomic E-state index is 13.3. The molecule has 4 nitrogen and oxygen atoms in total. The van der Waals surface area contributed by atoms with Gasteiger partial charge < -0.3 is 15.3 Å². The molecule has 0 saturated carbocycles. The number of aliphatic carboxylic acids is 1. The Labute approximate surface area is 92.0 Å². The number of carbonyl (C=O) groups is 1. The minimum atomic E-state index is -1.91. The van der Waals surface area contributed by atoms with Crippen LogP contribution in [0.25, 0.3) is 0 Å². The van der Waals surface area contributed by atoms with Crippen molar-refractivity contribution in [2.24, 2.45) is 0 Å². The number of carboxylic acid groups (broad SMARTS) is 1. The van der Waals surface area contributed by atoms with Gasteiger partial charge in [0.2, 0.25) is 0 Å². The van der Waals surface area contributed by atoms with Crippen molar-refractivity contribution >= 4 is 5.97 Å². The van der Waals surface area contributed by atoms with Crippen LogP contribution in [0.1, 0.15) is 22.8 Å². The third kappa shape index (κ3) is 2.37. The number of hydrogen-bond acceptors (Lipinski definition) is 3. The zero-order valence-corrected chi connectivity index (χ0v) is 8.94. The summed E-state index contributed by atoms with van der Waals surface area (Å²) in [6.45, 7) is 3.01. The van der Waals surface area contributed by atoms with Gasteiger partial charge in [0.1, 0.15) is 11.9 Å². The Hall–Kier alpha value is -1.46. The molecule has 3 N–H and O–H groups in total. The number of aliphatic hydroxyl groups is 2. The van der Waals surface area contributed by atoms with Crippen LogP contribution in [0, 0.1) is 19.7 Å². The Bertz CT molecular complexity index is 393. The monoisotopic (exact) mass is 228 g/mol. The van der Waals surface area contributed by atoms with Crippen molar-refractivity contribution in [3.63, 3.8) is 0 Å². The molecule has 0 bridgehead atoms. The zero-order chi connectivity index (χ0) is 12.5. The summed E-state index contributed by atoms with van der Waals surface area (Å²) in [5, 5.41) is 27.2. The molecule has 2 atom stereocenters. The highest BCUT2D eigenvalue weighted by molar-refractivity contribution is 5.73. The predicted molar refractivity (Wildman–Crippen MR) is 54.5 cm³/mol. The molecule has 0 spiro atoms. The SMILES string of the molecule is Cc1cc(C(O)C(O)C(=O)O)cc(C)c1F. The highest BCUT2D eigenvalue weighted by atomic mass is 19.1. The van der Waals surface area contributed by atoms with Gasteiger partial charge in [-0.25, -0.2) is 9.18 Å². The van der Waals surface area contributed by atoms with Gasteiger partial charge in [-0.15, -0.1) is 0 Å². The number of aliphatic hydroxyl groups excluding tert-OH is 2. The number of carboxylic acids is 1. The second-order valence-corrected chi connectivity index (χ2v) is 3.70. The van der Waals surface area contributed by atoms with Crippen LogP contribution in [0.15, 0.2) is 12.1 Å². The van der Waals surface area contributed by atoms with Crippen LogP contribution in [-0.4, -0.2) is 27.4 Å². The van der Waals surface area contributed by atoms with Gasteiger partial charge >= 0.3 is 5.97 Å². The molecule has 0 heterocycles. The van der Waals surface area contributed by atoms with Gasteiger partial charge in [0, 0.05) is 0 Å². The smallest absolute Gasteiger partial charge is 0.335 e. The van der Waals surface area contributed by atoms with Crippen molar-refractivity contribution < 1.29 is 24.5 Å². The van der Waals surface area contributed by atoms with E-state index in [0.29, 0.717) is 11.1 Å². The van der Waals surface area contributed by atoms with Crippen molar-refractivity contribution in [2.45, 2.75) is 26.1 Å². The van der Waals surface area contributed by atoms with E-state index in [1.54, 1.807) is 0 Å². The fourth-order valence-corrected chi connectivity index (χ4v) is 1.47. The molecule has 0 aromatic heterocycles. The average Bonchev–Trinajstić information content (AvgIpc) is 2.22. The standard InChI is InChI=1S/C11H13FO4/c1-5-3-7(4-6(2)8(5)12)9(13)10(14)11(15)16/h3-4,9-10,13-14H,1-2H3,(H,15,16). The van der Waals surface area contributed by atoms with Crippen LogP contribution < -0.4 is 0 Å². The topological polar surface area (TPSA) is 77.8 Å². The number of hydrogen-bond donors (Lipinski definition) is 3. The van der Waals surface area contributed by atoms with Crippen molar-refractivity contribution in [3.05, 3.63) is 34.6 Å². The van der Waals surface area contributed by atoms with Crippen molar-refractivity contribution in [3.8, 4) is 0 Å². The van der Waals surface area contributed by atoms with Crippen LogP contribution in [0.4, 0.5) is 4.39 Å². The van der Waals surface area contributed by atoms with Crippen molar-refractivity contribution in [1.29, 1.82) is 0 Å². The van der Waals surface area contributed by atoms with Crippen LogP contribution in [-0.2, 0) is 4.79 Å². The van der Waals surface area contributed by atoms with E-state index >= 15 is 0 Å². The maximum Gasteiger partial charge on any atom is 0.335 e. The molecule has 0 radical (unpaired) electrons. The Morgan fingerprint density at radius 2 is 1.69 bits per heavy atom.